The van der Waals surface area contributed by atoms with Crippen LogP contribution in [0.4, 0.5) is 4.79 Å². The van der Waals surface area contributed by atoms with Gasteiger partial charge in [-0.15, -0.1) is 11.3 Å². The second kappa shape index (κ2) is 5.81. The number of carbonyl (C=O) groups is 2. The molecule has 0 bridgehead atoms. The summed E-state index contributed by atoms with van der Waals surface area (Å²) in [7, 11) is 0. The van der Waals surface area contributed by atoms with Crippen molar-refractivity contribution in [2.75, 3.05) is 0 Å². The standard InChI is InChI=1S/C11H16N2O4S/c1-11(2,3)17-10(16)13-7(4-9(14)15)8-5-18-6-12-8/h5-7H,4H2,1-3H3,(H,13,16)(H,14,15). The summed E-state index contributed by atoms with van der Waals surface area (Å²) < 4.78 is 5.08. The van der Waals surface area contributed by atoms with Gasteiger partial charge in [-0.25, -0.2) is 9.78 Å². The minimum Gasteiger partial charge on any atom is -0.481 e. The van der Waals surface area contributed by atoms with Gasteiger partial charge in [0.1, 0.15) is 5.60 Å². The van der Waals surface area contributed by atoms with Crippen LogP contribution in [0.1, 0.15) is 38.9 Å². The van der Waals surface area contributed by atoms with Crippen molar-refractivity contribution in [1.29, 1.82) is 0 Å². The Morgan fingerprint density at radius 1 is 1.56 bits per heavy atom. The number of nitrogens with one attached hydrogen (secondary N) is 1. The van der Waals surface area contributed by atoms with Crippen LogP contribution < -0.4 is 5.32 Å². The van der Waals surface area contributed by atoms with Crippen LogP contribution in [0.2, 0.25) is 0 Å². The Balaban J connectivity index is 2.68. The quantitative estimate of drug-likeness (QED) is 0.877. The average molecular weight is 272 g/mol. The Bertz CT molecular complexity index is 411. The highest BCUT2D eigenvalue weighted by molar-refractivity contribution is 7.07. The van der Waals surface area contributed by atoms with E-state index in [1.807, 2.05) is 0 Å². The second-order valence-electron chi connectivity index (χ2n) is 4.71. The molecule has 0 aliphatic heterocycles. The summed E-state index contributed by atoms with van der Waals surface area (Å²) >= 11 is 1.34. The third kappa shape index (κ3) is 5.13. The van der Waals surface area contributed by atoms with Gasteiger partial charge in [0, 0.05) is 5.38 Å². The molecular weight excluding hydrogens is 256 g/mol. The number of hydrogen-bond donors (Lipinski definition) is 2. The molecule has 2 N–H and O–H groups in total. The van der Waals surface area contributed by atoms with Crippen molar-refractivity contribution >= 4 is 23.4 Å². The number of rotatable bonds is 4. The lowest BCUT2D eigenvalue weighted by molar-refractivity contribution is -0.137. The number of aliphatic carboxylic acids is 1. The van der Waals surface area contributed by atoms with E-state index >= 15 is 0 Å². The topological polar surface area (TPSA) is 88.5 Å². The summed E-state index contributed by atoms with van der Waals surface area (Å²) in [6, 6.07) is -0.677. The molecule has 0 fully saturated rings. The molecule has 7 heteroatoms. The van der Waals surface area contributed by atoms with Crippen LogP contribution in [-0.2, 0) is 9.53 Å². The Labute approximate surface area is 109 Å². The van der Waals surface area contributed by atoms with E-state index in [0.29, 0.717) is 5.69 Å². The highest BCUT2D eigenvalue weighted by Gasteiger charge is 2.23. The number of ether oxygens (including phenoxy) is 1. The molecule has 1 aromatic heterocycles. The van der Waals surface area contributed by atoms with E-state index < -0.39 is 23.7 Å². The summed E-state index contributed by atoms with van der Waals surface area (Å²) in [4.78, 5) is 26.4. The zero-order valence-corrected chi connectivity index (χ0v) is 11.3. The van der Waals surface area contributed by atoms with Gasteiger partial charge in [0.05, 0.1) is 23.7 Å². The summed E-state index contributed by atoms with van der Waals surface area (Å²) in [5, 5.41) is 13.0. The van der Waals surface area contributed by atoms with Crippen LogP contribution in [0.15, 0.2) is 10.9 Å². The lowest BCUT2D eigenvalue weighted by Gasteiger charge is -2.22. The van der Waals surface area contributed by atoms with Crippen LogP contribution in [0.3, 0.4) is 0 Å². The summed E-state index contributed by atoms with van der Waals surface area (Å²) in [6.45, 7) is 5.21. The third-order valence-corrected chi connectivity index (χ3v) is 2.48. The fourth-order valence-electron chi connectivity index (χ4n) is 1.25. The number of aromatic nitrogens is 1. The molecule has 18 heavy (non-hydrogen) atoms. The second-order valence-corrected chi connectivity index (χ2v) is 5.43. The molecule has 6 nitrogen and oxygen atoms in total. The number of carboxylic acid groups (broad SMARTS) is 1. The number of carboxylic acids is 1. The first-order valence-corrected chi connectivity index (χ1v) is 6.31. The molecule has 100 valence electrons. The van der Waals surface area contributed by atoms with Crippen LogP contribution in [0, 0.1) is 0 Å². The van der Waals surface area contributed by atoms with Gasteiger partial charge in [0.15, 0.2) is 0 Å². The molecule has 0 saturated heterocycles. The first-order chi connectivity index (χ1) is 8.28. The lowest BCUT2D eigenvalue weighted by atomic mass is 10.1. The summed E-state index contributed by atoms with van der Waals surface area (Å²) in [5.74, 6) is -1.01. The third-order valence-electron chi connectivity index (χ3n) is 1.88. The molecule has 1 atom stereocenters. The van der Waals surface area contributed by atoms with Crippen molar-refractivity contribution in [3.8, 4) is 0 Å². The molecule has 0 aliphatic carbocycles. The molecule has 1 aromatic rings. The zero-order valence-electron chi connectivity index (χ0n) is 10.5. The maximum atomic E-state index is 11.6. The predicted octanol–water partition coefficient (Wildman–Crippen LogP) is 2.18. The minimum atomic E-state index is -1.01. The summed E-state index contributed by atoms with van der Waals surface area (Å²) in [5.41, 5.74) is 1.48. The van der Waals surface area contributed by atoms with Crippen LogP contribution >= 0.6 is 11.3 Å². The molecule has 0 spiro atoms. The van der Waals surface area contributed by atoms with Gasteiger partial charge in [0.25, 0.3) is 0 Å². The largest absolute Gasteiger partial charge is 0.481 e. The number of amides is 1. The van der Waals surface area contributed by atoms with Gasteiger partial charge in [-0.1, -0.05) is 0 Å². The van der Waals surface area contributed by atoms with Gasteiger partial charge >= 0.3 is 12.1 Å². The van der Waals surface area contributed by atoms with Crippen LogP contribution in [0.25, 0.3) is 0 Å². The average Bonchev–Trinajstić information content (AvgIpc) is 2.64. The lowest BCUT2D eigenvalue weighted by Crippen LogP contribution is -2.35. The predicted molar refractivity (Wildman–Crippen MR) is 66.5 cm³/mol. The number of alkyl carbamates (subject to hydrolysis) is 1. The SMILES string of the molecule is CC(C)(C)OC(=O)NC(CC(=O)O)c1cscn1. The highest BCUT2D eigenvalue weighted by Crippen LogP contribution is 2.18. The van der Waals surface area contributed by atoms with E-state index in [1.54, 1.807) is 31.7 Å². The van der Waals surface area contributed by atoms with E-state index in [-0.39, 0.29) is 6.42 Å². The number of nitrogens with zero attached hydrogens (tertiary/aromatic N) is 1. The van der Waals surface area contributed by atoms with Crippen molar-refractivity contribution in [3.05, 3.63) is 16.6 Å². The van der Waals surface area contributed by atoms with E-state index in [2.05, 4.69) is 10.3 Å². The number of carbonyl (C=O) groups excluding carboxylic acids is 1. The first-order valence-electron chi connectivity index (χ1n) is 5.37. The van der Waals surface area contributed by atoms with Crippen LogP contribution in [-0.4, -0.2) is 27.8 Å². The van der Waals surface area contributed by atoms with Crippen molar-refractivity contribution in [2.45, 2.75) is 38.8 Å². The fraction of sp³-hybridized carbons (Fsp3) is 0.545. The van der Waals surface area contributed by atoms with Gasteiger partial charge in [0.2, 0.25) is 0 Å². The van der Waals surface area contributed by atoms with Gasteiger partial charge < -0.3 is 15.2 Å². The first kappa shape index (κ1) is 14.4. The van der Waals surface area contributed by atoms with Crippen molar-refractivity contribution < 1.29 is 19.4 Å². The smallest absolute Gasteiger partial charge is 0.408 e. The molecule has 0 saturated carbocycles. The van der Waals surface area contributed by atoms with E-state index in [1.165, 1.54) is 11.3 Å². The van der Waals surface area contributed by atoms with Crippen LogP contribution in [0.5, 0.6) is 0 Å². The van der Waals surface area contributed by atoms with E-state index in [0.717, 1.165) is 0 Å². The molecule has 0 radical (unpaired) electrons. The Morgan fingerprint density at radius 3 is 2.67 bits per heavy atom. The maximum Gasteiger partial charge on any atom is 0.408 e. The van der Waals surface area contributed by atoms with Crippen molar-refractivity contribution in [3.63, 3.8) is 0 Å². The molecule has 1 rings (SSSR count). The normalized spacial score (nSPS) is 12.8. The number of hydrogen-bond acceptors (Lipinski definition) is 5. The molecule has 0 aliphatic rings. The molecule has 0 aromatic carbocycles. The molecule has 1 heterocycles. The Morgan fingerprint density at radius 2 is 2.22 bits per heavy atom. The van der Waals surface area contributed by atoms with Gasteiger partial charge in [-0.3, -0.25) is 4.79 Å². The van der Waals surface area contributed by atoms with E-state index in [4.69, 9.17) is 9.84 Å². The molecular formula is C11H16N2O4S. The fourth-order valence-corrected chi connectivity index (χ4v) is 1.86. The summed E-state index contributed by atoms with van der Waals surface area (Å²) in [6.07, 6.45) is -0.884. The van der Waals surface area contributed by atoms with Crippen molar-refractivity contribution in [1.82, 2.24) is 10.3 Å². The molecule has 1 amide bonds. The van der Waals surface area contributed by atoms with Gasteiger partial charge in [-0.2, -0.15) is 0 Å². The highest BCUT2D eigenvalue weighted by atomic mass is 32.1. The molecule has 1 unspecified atom stereocenters. The number of thiazole rings is 1. The maximum absolute atomic E-state index is 11.6. The Kier molecular flexibility index (Phi) is 4.66. The van der Waals surface area contributed by atoms with Crippen molar-refractivity contribution in [2.24, 2.45) is 0 Å². The minimum absolute atomic E-state index is 0.233. The zero-order chi connectivity index (χ0) is 13.8. The van der Waals surface area contributed by atoms with E-state index in [9.17, 15) is 9.59 Å². The van der Waals surface area contributed by atoms with Gasteiger partial charge in [-0.05, 0) is 20.8 Å². The monoisotopic (exact) mass is 272 g/mol. The Hall–Kier alpha value is -1.63.